The SMILES string of the molecule is COc1ccc(Cc2noc(CC(C)=O)n2)cc1. The van der Waals surface area contributed by atoms with Gasteiger partial charge in [0.05, 0.1) is 13.5 Å². The highest BCUT2D eigenvalue weighted by atomic mass is 16.5. The summed E-state index contributed by atoms with van der Waals surface area (Å²) in [6.45, 7) is 1.49. The van der Waals surface area contributed by atoms with Gasteiger partial charge in [-0.15, -0.1) is 0 Å². The molecule has 1 aromatic carbocycles. The van der Waals surface area contributed by atoms with Crippen molar-refractivity contribution < 1.29 is 14.1 Å². The van der Waals surface area contributed by atoms with Gasteiger partial charge in [-0.05, 0) is 24.6 Å². The Balaban J connectivity index is 2.03. The zero-order chi connectivity index (χ0) is 13.0. The van der Waals surface area contributed by atoms with Crippen molar-refractivity contribution in [2.75, 3.05) is 7.11 Å². The number of Topliss-reactive ketones (excluding diaryl/α,β-unsaturated/α-hetero) is 1. The largest absolute Gasteiger partial charge is 0.497 e. The number of ketones is 1. The molecule has 0 aliphatic carbocycles. The number of hydrogen-bond acceptors (Lipinski definition) is 5. The van der Waals surface area contributed by atoms with Crippen molar-refractivity contribution in [3.8, 4) is 5.75 Å². The predicted octanol–water partition coefficient (Wildman–Crippen LogP) is 1.80. The Kier molecular flexibility index (Phi) is 3.72. The molecule has 1 aromatic heterocycles. The van der Waals surface area contributed by atoms with Gasteiger partial charge in [-0.25, -0.2) is 0 Å². The van der Waals surface area contributed by atoms with Gasteiger partial charge in [0.25, 0.3) is 0 Å². The standard InChI is InChI=1S/C13H14N2O3/c1-9(16)7-13-14-12(15-18-13)8-10-3-5-11(17-2)6-4-10/h3-6H,7-8H2,1-2H3. The van der Waals surface area contributed by atoms with E-state index in [0.717, 1.165) is 11.3 Å². The molecule has 0 N–H and O–H groups in total. The summed E-state index contributed by atoms with van der Waals surface area (Å²) in [6, 6.07) is 7.65. The molecular formula is C13H14N2O3. The van der Waals surface area contributed by atoms with Crippen LogP contribution in [0.2, 0.25) is 0 Å². The summed E-state index contributed by atoms with van der Waals surface area (Å²) < 4.78 is 10.1. The van der Waals surface area contributed by atoms with Crippen molar-refractivity contribution in [3.05, 3.63) is 41.5 Å². The van der Waals surface area contributed by atoms with Crippen molar-refractivity contribution >= 4 is 5.78 Å². The van der Waals surface area contributed by atoms with Crippen LogP contribution in [0.15, 0.2) is 28.8 Å². The highest BCUT2D eigenvalue weighted by Gasteiger charge is 2.08. The molecule has 0 unspecified atom stereocenters. The maximum absolute atomic E-state index is 10.9. The summed E-state index contributed by atoms with van der Waals surface area (Å²) in [5.74, 6) is 1.77. The Morgan fingerprint density at radius 3 is 2.67 bits per heavy atom. The maximum atomic E-state index is 10.9. The van der Waals surface area contributed by atoms with Crippen molar-refractivity contribution in [2.45, 2.75) is 19.8 Å². The minimum Gasteiger partial charge on any atom is -0.497 e. The van der Waals surface area contributed by atoms with Crippen LogP contribution in [0.5, 0.6) is 5.75 Å². The first-order valence-electron chi connectivity index (χ1n) is 5.61. The maximum Gasteiger partial charge on any atom is 0.234 e. The first-order chi connectivity index (χ1) is 8.67. The number of aromatic nitrogens is 2. The lowest BCUT2D eigenvalue weighted by Crippen LogP contribution is -1.97. The van der Waals surface area contributed by atoms with Crippen LogP contribution in [0.3, 0.4) is 0 Å². The smallest absolute Gasteiger partial charge is 0.234 e. The van der Waals surface area contributed by atoms with Crippen LogP contribution in [0, 0.1) is 0 Å². The molecule has 0 radical (unpaired) electrons. The molecule has 0 aliphatic heterocycles. The van der Waals surface area contributed by atoms with Crippen molar-refractivity contribution in [1.29, 1.82) is 0 Å². The number of nitrogens with zero attached hydrogens (tertiary/aromatic N) is 2. The number of rotatable bonds is 5. The fourth-order valence-electron chi connectivity index (χ4n) is 1.57. The molecular weight excluding hydrogens is 232 g/mol. The van der Waals surface area contributed by atoms with Gasteiger partial charge in [0.2, 0.25) is 5.89 Å². The molecule has 0 atom stereocenters. The molecule has 0 saturated carbocycles. The average molecular weight is 246 g/mol. The molecule has 2 aromatic rings. The molecule has 0 saturated heterocycles. The van der Waals surface area contributed by atoms with Gasteiger partial charge in [0, 0.05) is 6.42 Å². The van der Waals surface area contributed by atoms with Gasteiger partial charge < -0.3 is 9.26 Å². The Hall–Kier alpha value is -2.17. The number of hydrogen-bond donors (Lipinski definition) is 0. The summed E-state index contributed by atoms with van der Waals surface area (Å²) in [4.78, 5) is 15.1. The van der Waals surface area contributed by atoms with E-state index < -0.39 is 0 Å². The van der Waals surface area contributed by atoms with Crippen molar-refractivity contribution in [2.24, 2.45) is 0 Å². The van der Waals surface area contributed by atoms with Crippen LogP contribution in [0.25, 0.3) is 0 Å². The summed E-state index contributed by atoms with van der Waals surface area (Å²) in [5.41, 5.74) is 1.06. The first kappa shape index (κ1) is 12.3. The summed E-state index contributed by atoms with van der Waals surface area (Å²) >= 11 is 0. The summed E-state index contributed by atoms with van der Waals surface area (Å²) in [5, 5.41) is 3.84. The minimum atomic E-state index is 0.00893. The van der Waals surface area contributed by atoms with E-state index in [1.807, 2.05) is 24.3 Å². The number of ether oxygens (including phenoxy) is 1. The van der Waals surface area contributed by atoms with Crippen LogP contribution in [-0.4, -0.2) is 23.0 Å². The topological polar surface area (TPSA) is 65.2 Å². The lowest BCUT2D eigenvalue weighted by atomic mass is 10.1. The van der Waals surface area contributed by atoms with Crippen molar-refractivity contribution in [1.82, 2.24) is 10.1 Å². The van der Waals surface area contributed by atoms with Gasteiger partial charge in [0.1, 0.15) is 11.5 Å². The summed E-state index contributed by atoms with van der Waals surface area (Å²) in [7, 11) is 1.63. The zero-order valence-corrected chi connectivity index (χ0v) is 10.3. The number of carbonyl (C=O) groups is 1. The molecule has 5 nitrogen and oxygen atoms in total. The van der Waals surface area contributed by atoms with Gasteiger partial charge in [0.15, 0.2) is 5.82 Å². The fraction of sp³-hybridized carbons (Fsp3) is 0.308. The Labute approximate surface area is 105 Å². The van der Waals surface area contributed by atoms with Gasteiger partial charge in [-0.3, -0.25) is 4.79 Å². The fourth-order valence-corrected chi connectivity index (χ4v) is 1.57. The van der Waals surface area contributed by atoms with Gasteiger partial charge >= 0.3 is 0 Å². The molecule has 94 valence electrons. The first-order valence-corrected chi connectivity index (χ1v) is 5.61. The number of benzene rings is 1. The third kappa shape index (κ3) is 3.16. The van der Waals surface area contributed by atoms with E-state index in [0.29, 0.717) is 18.1 Å². The normalized spacial score (nSPS) is 10.3. The second-order valence-corrected chi connectivity index (χ2v) is 4.01. The Morgan fingerprint density at radius 2 is 2.06 bits per heavy atom. The second-order valence-electron chi connectivity index (χ2n) is 4.01. The Bertz CT molecular complexity index is 531. The third-order valence-corrected chi connectivity index (χ3v) is 2.43. The van der Waals surface area contributed by atoms with Gasteiger partial charge in [-0.2, -0.15) is 4.98 Å². The van der Waals surface area contributed by atoms with E-state index >= 15 is 0 Å². The molecule has 0 bridgehead atoms. The van der Waals surface area contributed by atoms with E-state index in [1.165, 1.54) is 6.92 Å². The van der Waals surface area contributed by atoms with E-state index in [2.05, 4.69) is 10.1 Å². The minimum absolute atomic E-state index is 0.00893. The highest BCUT2D eigenvalue weighted by Crippen LogP contribution is 2.13. The Morgan fingerprint density at radius 1 is 1.33 bits per heavy atom. The lowest BCUT2D eigenvalue weighted by Gasteiger charge is -2.00. The molecule has 0 fully saturated rings. The van der Waals surface area contributed by atoms with Crippen molar-refractivity contribution in [3.63, 3.8) is 0 Å². The monoisotopic (exact) mass is 246 g/mol. The molecule has 0 spiro atoms. The summed E-state index contributed by atoms with van der Waals surface area (Å²) in [6.07, 6.45) is 0.765. The third-order valence-electron chi connectivity index (χ3n) is 2.43. The molecule has 18 heavy (non-hydrogen) atoms. The van der Waals surface area contributed by atoms with E-state index in [4.69, 9.17) is 9.26 Å². The highest BCUT2D eigenvalue weighted by molar-refractivity contribution is 5.77. The van der Waals surface area contributed by atoms with Crippen LogP contribution < -0.4 is 4.74 Å². The van der Waals surface area contributed by atoms with E-state index in [-0.39, 0.29) is 12.2 Å². The van der Waals surface area contributed by atoms with Crippen LogP contribution in [0.1, 0.15) is 24.2 Å². The predicted molar refractivity (Wildman–Crippen MR) is 64.5 cm³/mol. The van der Waals surface area contributed by atoms with Crippen LogP contribution in [-0.2, 0) is 17.6 Å². The second kappa shape index (κ2) is 5.44. The van der Waals surface area contributed by atoms with Crippen LogP contribution >= 0.6 is 0 Å². The van der Waals surface area contributed by atoms with E-state index in [9.17, 15) is 4.79 Å². The number of carbonyl (C=O) groups excluding carboxylic acids is 1. The molecule has 0 aliphatic rings. The molecule has 0 amide bonds. The molecule has 5 heteroatoms. The van der Waals surface area contributed by atoms with E-state index in [1.54, 1.807) is 7.11 Å². The lowest BCUT2D eigenvalue weighted by molar-refractivity contribution is -0.116. The molecule has 2 rings (SSSR count). The zero-order valence-electron chi connectivity index (χ0n) is 10.3. The number of methoxy groups -OCH3 is 1. The van der Waals surface area contributed by atoms with Gasteiger partial charge in [-0.1, -0.05) is 17.3 Å². The average Bonchev–Trinajstić information content (AvgIpc) is 2.76. The molecule has 1 heterocycles. The van der Waals surface area contributed by atoms with Crippen LogP contribution in [0.4, 0.5) is 0 Å². The quantitative estimate of drug-likeness (QED) is 0.804.